The molecule has 4 N–H and O–H groups in total. The molecule has 1 heterocycles. The van der Waals surface area contributed by atoms with E-state index in [2.05, 4.69) is 10.6 Å². The molecule has 1 unspecified atom stereocenters. The number of carbonyl (C=O) groups is 3. The van der Waals surface area contributed by atoms with Crippen LogP contribution in [-0.4, -0.2) is 68.2 Å². The summed E-state index contributed by atoms with van der Waals surface area (Å²) in [5, 5.41) is 5.88. The van der Waals surface area contributed by atoms with E-state index in [0.717, 1.165) is 24.8 Å². The summed E-state index contributed by atoms with van der Waals surface area (Å²) in [6.45, 7) is 4.97. The molecule has 1 atom stereocenters. The minimum atomic E-state index is -0.587. The lowest BCUT2D eigenvalue weighted by Gasteiger charge is -2.33. The van der Waals surface area contributed by atoms with E-state index in [4.69, 9.17) is 15.2 Å². The molecule has 1 aromatic rings. The Hall–Kier alpha value is -2.65. The number of rotatable bonds is 12. The lowest BCUT2D eigenvalue weighted by atomic mass is 9.93. The summed E-state index contributed by atoms with van der Waals surface area (Å²) < 4.78 is 10.1. The highest BCUT2D eigenvalue weighted by atomic mass is 16.5. The van der Waals surface area contributed by atoms with Crippen LogP contribution < -0.4 is 16.4 Å². The van der Waals surface area contributed by atoms with Crippen LogP contribution in [0.1, 0.15) is 38.2 Å². The standard InChI is InChI=1S/C23H36N4O5/c1-18(28)31-15-10-19-8-13-27(14-9-19)22(29)21(24)16-25-11-5-12-26-23(30)32-17-20-6-3-2-4-7-20/h2-4,6-7,19,21,25H,5,8-17,24H2,1H3,(H,26,30). The molecule has 1 saturated heterocycles. The van der Waals surface area contributed by atoms with Crippen LogP contribution in [0, 0.1) is 5.92 Å². The monoisotopic (exact) mass is 448 g/mol. The fourth-order valence-corrected chi connectivity index (χ4v) is 3.57. The van der Waals surface area contributed by atoms with Gasteiger partial charge in [0, 0.05) is 33.1 Å². The third kappa shape index (κ3) is 10.1. The van der Waals surface area contributed by atoms with Crippen molar-refractivity contribution in [2.75, 3.05) is 39.3 Å². The van der Waals surface area contributed by atoms with Crippen molar-refractivity contribution in [2.24, 2.45) is 11.7 Å². The molecule has 2 rings (SSSR count). The first-order chi connectivity index (χ1) is 15.5. The topological polar surface area (TPSA) is 123 Å². The SMILES string of the molecule is CC(=O)OCCC1CCN(C(=O)C(N)CNCCCNC(=O)OCc2ccccc2)CC1. The van der Waals surface area contributed by atoms with E-state index in [9.17, 15) is 14.4 Å². The van der Waals surface area contributed by atoms with Gasteiger partial charge in [-0.25, -0.2) is 4.79 Å². The summed E-state index contributed by atoms with van der Waals surface area (Å²) in [4.78, 5) is 36.9. The Bertz CT molecular complexity index is 708. The van der Waals surface area contributed by atoms with Crippen LogP contribution in [0.15, 0.2) is 30.3 Å². The van der Waals surface area contributed by atoms with Crippen molar-refractivity contribution in [1.29, 1.82) is 0 Å². The van der Waals surface area contributed by atoms with Gasteiger partial charge in [-0.3, -0.25) is 9.59 Å². The molecular formula is C23H36N4O5. The number of nitrogens with one attached hydrogen (secondary N) is 2. The van der Waals surface area contributed by atoms with Crippen molar-refractivity contribution in [1.82, 2.24) is 15.5 Å². The molecule has 9 heteroatoms. The maximum atomic E-state index is 12.5. The zero-order valence-corrected chi connectivity index (χ0v) is 18.9. The molecule has 0 aromatic heterocycles. The molecule has 9 nitrogen and oxygen atoms in total. The van der Waals surface area contributed by atoms with E-state index >= 15 is 0 Å². The smallest absolute Gasteiger partial charge is 0.407 e. The first-order valence-electron chi connectivity index (χ1n) is 11.3. The predicted octanol–water partition coefficient (Wildman–Crippen LogP) is 1.41. The van der Waals surface area contributed by atoms with Gasteiger partial charge < -0.3 is 30.7 Å². The maximum Gasteiger partial charge on any atom is 0.407 e. The van der Waals surface area contributed by atoms with Crippen LogP contribution in [0.5, 0.6) is 0 Å². The lowest BCUT2D eigenvalue weighted by molar-refractivity contribution is -0.141. The molecule has 0 bridgehead atoms. The summed E-state index contributed by atoms with van der Waals surface area (Å²) in [6, 6.07) is 8.91. The molecule has 0 spiro atoms. The van der Waals surface area contributed by atoms with E-state index in [1.807, 2.05) is 35.2 Å². The zero-order valence-electron chi connectivity index (χ0n) is 18.9. The Balaban J connectivity index is 1.49. The summed E-state index contributed by atoms with van der Waals surface area (Å²) >= 11 is 0. The number of likely N-dealkylation sites (tertiary alicyclic amines) is 1. The average Bonchev–Trinajstić information content (AvgIpc) is 2.80. The van der Waals surface area contributed by atoms with Gasteiger partial charge >= 0.3 is 12.1 Å². The van der Waals surface area contributed by atoms with E-state index in [0.29, 0.717) is 51.7 Å². The summed E-state index contributed by atoms with van der Waals surface area (Å²) in [5.41, 5.74) is 6.99. The number of benzene rings is 1. The van der Waals surface area contributed by atoms with Crippen LogP contribution in [0.2, 0.25) is 0 Å². The summed E-state index contributed by atoms with van der Waals surface area (Å²) in [5.74, 6) is 0.174. The van der Waals surface area contributed by atoms with Gasteiger partial charge in [-0.1, -0.05) is 30.3 Å². The summed E-state index contributed by atoms with van der Waals surface area (Å²) in [7, 11) is 0. The number of hydrogen-bond acceptors (Lipinski definition) is 7. The largest absolute Gasteiger partial charge is 0.466 e. The quantitative estimate of drug-likeness (QED) is 0.326. The number of amides is 2. The van der Waals surface area contributed by atoms with E-state index < -0.39 is 12.1 Å². The molecule has 1 aliphatic rings. The molecule has 32 heavy (non-hydrogen) atoms. The average molecular weight is 449 g/mol. The Labute approximate surface area is 190 Å². The summed E-state index contributed by atoms with van der Waals surface area (Å²) in [6.07, 6.45) is 2.90. The van der Waals surface area contributed by atoms with Crippen molar-refractivity contribution < 1.29 is 23.9 Å². The second-order valence-corrected chi connectivity index (χ2v) is 8.05. The van der Waals surface area contributed by atoms with E-state index in [1.165, 1.54) is 6.92 Å². The molecule has 178 valence electrons. The number of nitrogens with two attached hydrogens (primary N) is 1. The van der Waals surface area contributed by atoms with Crippen molar-refractivity contribution >= 4 is 18.0 Å². The Morgan fingerprint density at radius 1 is 1.12 bits per heavy atom. The molecule has 2 amide bonds. The number of alkyl carbamates (subject to hydrolysis) is 1. The highest BCUT2D eigenvalue weighted by Crippen LogP contribution is 2.20. The van der Waals surface area contributed by atoms with Crippen molar-refractivity contribution in [3.8, 4) is 0 Å². The first kappa shape index (κ1) is 25.6. The fraction of sp³-hybridized carbons (Fsp3) is 0.609. The van der Waals surface area contributed by atoms with Crippen LogP contribution in [0.3, 0.4) is 0 Å². The van der Waals surface area contributed by atoms with Gasteiger partial charge in [0.15, 0.2) is 0 Å². The van der Waals surface area contributed by atoms with Gasteiger partial charge in [0.1, 0.15) is 6.61 Å². The second kappa shape index (κ2) is 14.4. The van der Waals surface area contributed by atoms with Crippen molar-refractivity contribution in [3.63, 3.8) is 0 Å². The Morgan fingerprint density at radius 3 is 2.53 bits per heavy atom. The van der Waals surface area contributed by atoms with Gasteiger partial charge in [-0.2, -0.15) is 0 Å². The molecule has 0 aliphatic carbocycles. The van der Waals surface area contributed by atoms with Gasteiger partial charge in [-0.05, 0) is 43.7 Å². The molecule has 1 aromatic carbocycles. The van der Waals surface area contributed by atoms with Crippen LogP contribution >= 0.6 is 0 Å². The maximum absolute atomic E-state index is 12.5. The van der Waals surface area contributed by atoms with Crippen molar-refractivity contribution in [3.05, 3.63) is 35.9 Å². The minimum Gasteiger partial charge on any atom is -0.466 e. The predicted molar refractivity (Wildman–Crippen MR) is 121 cm³/mol. The molecule has 0 radical (unpaired) electrons. The van der Waals surface area contributed by atoms with Gasteiger partial charge in [-0.15, -0.1) is 0 Å². The highest BCUT2D eigenvalue weighted by Gasteiger charge is 2.26. The highest BCUT2D eigenvalue weighted by molar-refractivity contribution is 5.82. The number of ether oxygens (including phenoxy) is 2. The Kier molecular flexibility index (Phi) is 11.5. The number of carbonyl (C=O) groups excluding carboxylic acids is 3. The van der Waals surface area contributed by atoms with E-state index in [1.54, 1.807) is 0 Å². The molecule has 1 aliphatic heterocycles. The number of piperidine rings is 1. The second-order valence-electron chi connectivity index (χ2n) is 8.05. The number of nitrogens with zero attached hydrogens (tertiary/aromatic N) is 1. The zero-order chi connectivity index (χ0) is 23.2. The fourth-order valence-electron chi connectivity index (χ4n) is 3.57. The van der Waals surface area contributed by atoms with Gasteiger partial charge in [0.2, 0.25) is 5.91 Å². The van der Waals surface area contributed by atoms with Gasteiger partial charge in [0.05, 0.1) is 12.6 Å². The minimum absolute atomic E-state index is 0.0430. The first-order valence-corrected chi connectivity index (χ1v) is 11.3. The molecule has 1 fully saturated rings. The Morgan fingerprint density at radius 2 is 1.84 bits per heavy atom. The molecule has 0 saturated carbocycles. The van der Waals surface area contributed by atoms with Crippen LogP contribution in [-0.2, 0) is 25.7 Å². The number of esters is 1. The van der Waals surface area contributed by atoms with Gasteiger partial charge in [0.25, 0.3) is 0 Å². The number of hydrogen-bond donors (Lipinski definition) is 3. The van der Waals surface area contributed by atoms with Crippen LogP contribution in [0.4, 0.5) is 4.79 Å². The van der Waals surface area contributed by atoms with Crippen LogP contribution in [0.25, 0.3) is 0 Å². The van der Waals surface area contributed by atoms with E-state index in [-0.39, 0.29) is 18.5 Å². The lowest BCUT2D eigenvalue weighted by Crippen LogP contribution is -2.51. The third-order valence-corrected chi connectivity index (χ3v) is 5.45. The molecular weight excluding hydrogens is 412 g/mol. The normalized spacial score (nSPS) is 15.1. The van der Waals surface area contributed by atoms with Crippen molar-refractivity contribution in [2.45, 2.75) is 45.3 Å². The third-order valence-electron chi connectivity index (χ3n) is 5.45.